The molecular formula is C18H19F3N2O2. The Morgan fingerprint density at radius 2 is 2.00 bits per heavy atom. The van der Waals surface area contributed by atoms with E-state index in [0.717, 1.165) is 24.7 Å². The van der Waals surface area contributed by atoms with E-state index >= 15 is 0 Å². The van der Waals surface area contributed by atoms with Crippen molar-refractivity contribution in [3.8, 4) is 0 Å². The maximum absolute atomic E-state index is 13.3. The summed E-state index contributed by atoms with van der Waals surface area (Å²) in [6.07, 6.45) is -0.916. The van der Waals surface area contributed by atoms with Gasteiger partial charge in [-0.1, -0.05) is 18.2 Å². The van der Waals surface area contributed by atoms with Gasteiger partial charge in [-0.2, -0.15) is 13.2 Å². The minimum Gasteiger partial charge on any atom is -0.444 e. The van der Waals surface area contributed by atoms with Crippen LogP contribution in [0.25, 0.3) is 0 Å². The molecule has 25 heavy (non-hydrogen) atoms. The van der Waals surface area contributed by atoms with Gasteiger partial charge >= 0.3 is 6.18 Å². The maximum Gasteiger partial charge on any atom is 0.416 e. The number of likely N-dealkylation sites (tertiary alicyclic amines) is 1. The van der Waals surface area contributed by atoms with Crippen LogP contribution in [0.2, 0.25) is 0 Å². The van der Waals surface area contributed by atoms with Crippen LogP contribution in [0.1, 0.15) is 54.0 Å². The van der Waals surface area contributed by atoms with E-state index in [-0.39, 0.29) is 12.0 Å². The van der Waals surface area contributed by atoms with Crippen molar-refractivity contribution in [2.75, 3.05) is 6.54 Å². The van der Waals surface area contributed by atoms with E-state index in [2.05, 4.69) is 4.98 Å². The molecule has 4 nitrogen and oxygen atoms in total. The lowest BCUT2D eigenvalue weighted by atomic mass is 9.97. The summed E-state index contributed by atoms with van der Waals surface area (Å²) in [5.41, 5.74) is -0.453. The number of benzene rings is 1. The predicted molar refractivity (Wildman–Crippen MR) is 83.7 cm³/mol. The molecule has 1 saturated carbocycles. The van der Waals surface area contributed by atoms with E-state index in [0.29, 0.717) is 24.9 Å². The van der Waals surface area contributed by atoms with Gasteiger partial charge in [-0.15, -0.1) is 0 Å². The molecule has 1 saturated heterocycles. The highest BCUT2D eigenvalue weighted by molar-refractivity contribution is 5.33. The smallest absolute Gasteiger partial charge is 0.416 e. The summed E-state index contributed by atoms with van der Waals surface area (Å²) in [4.78, 5) is 6.07. The van der Waals surface area contributed by atoms with Crippen molar-refractivity contribution < 1.29 is 22.7 Å². The summed E-state index contributed by atoms with van der Waals surface area (Å²) in [7, 11) is 0. The van der Waals surface area contributed by atoms with Crippen LogP contribution in [-0.4, -0.2) is 27.6 Å². The molecule has 1 aromatic carbocycles. The fourth-order valence-corrected chi connectivity index (χ4v) is 3.55. The van der Waals surface area contributed by atoms with Gasteiger partial charge in [0, 0.05) is 18.5 Å². The van der Waals surface area contributed by atoms with Crippen molar-refractivity contribution in [1.29, 1.82) is 0 Å². The number of nitrogens with zero attached hydrogens (tertiary/aromatic N) is 2. The molecule has 2 fully saturated rings. The lowest BCUT2D eigenvalue weighted by Crippen LogP contribution is -2.26. The van der Waals surface area contributed by atoms with Crippen LogP contribution in [-0.2, 0) is 12.7 Å². The molecule has 1 aliphatic heterocycles. The Kier molecular flexibility index (Phi) is 4.08. The average Bonchev–Trinajstić information content (AvgIpc) is 3.20. The first kappa shape index (κ1) is 16.6. The monoisotopic (exact) mass is 352 g/mol. The predicted octanol–water partition coefficient (Wildman–Crippen LogP) is 3.88. The Bertz CT molecular complexity index is 755. The molecule has 7 heteroatoms. The molecule has 1 aliphatic carbocycles. The van der Waals surface area contributed by atoms with Crippen LogP contribution in [0.4, 0.5) is 13.2 Å². The standard InChI is InChI=1S/C18H19F3N2O2/c19-18(20,21)14-4-2-1-3-13(14)15-7-12(24)9-23(15)10-17-22-8-16(25-17)11-5-6-11/h1-4,8,11-12,15,24H,5-7,9-10H2/t12-,15-/m1/s1. The van der Waals surface area contributed by atoms with E-state index in [1.165, 1.54) is 12.1 Å². The van der Waals surface area contributed by atoms with E-state index in [1.807, 2.05) is 4.90 Å². The van der Waals surface area contributed by atoms with Gasteiger partial charge in [0.25, 0.3) is 0 Å². The van der Waals surface area contributed by atoms with E-state index in [9.17, 15) is 18.3 Å². The third kappa shape index (κ3) is 3.43. The minimum absolute atomic E-state index is 0.195. The third-order valence-electron chi connectivity index (χ3n) is 4.90. The van der Waals surface area contributed by atoms with Crippen molar-refractivity contribution in [3.05, 3.63) is 53.2 Å². The molecule has 0 amide bonds. The molecule has 1 N–H and O–H groups in total. The summed E-state index contributed by atoms with van der Waals surface area (Å²) in [5, 5.41) is 10.0. The molecule has 1 aromatic heterocycles. The normalized spacial score (nSPS) is 24.8. The Balaban J connectivity index is 1.59. The number of alkyl halides is 3. The number of aliphatic hydroxyl groups excluding tert-OH is 1. The van der Waals surface area contributed by atoms with E-state index < -0.39 is 23.9 Å². The van der Waals surface area contributed by atoms with Gasteiger partial charge in [0.1, 0.15) is 5.76 Å². The van der Waals surface area contributed by atoms with Gasteiger partial charge in [0.2, 0.25) is 5.89 Å². The second-order valence-electron chi connectivity index (χ2n) is 6.85. The SMILES string of the molecule is O[C@@H]1C[C@H](c2ccccc2C(F)(F)F)N(Cc2ncc(C3CC3)o2)C1. The van der Waals surface area contributed by atoms with Crippen molar-refractivity contribution in [1.82, 2.24) is 9.88 Å². The van der Waals surface area contributed by atoms with Crippen LogP contribution >= 0.6 is 0 Å². The number of hydrogen-bond acceptors (Lipinski definition) is 4. The van der Waals surface area contributed by atoms with Crippen molar-refractivity contribution >= 4 is 0 Å². The molecule has 4 rings (SSSR count). The largest absolute Gasteiger partial charge is 0.444 e. The zero-order chi connectivity index (χ0) is 17.6. The minimum atomic E-state index is -4.42. The van der Waals surface area contributed by atoms with Gasteiger partial charge < -0.3 is 9.52 Å². The van der Waals surface area contributed by atoms with Crippen LogP contribution in [0.15, 0.2) is 34.9 Å². The highest BCUT2D eigenvalue weighted by atomic mass is 19.4. The lowest BCUT2D eigenvalue weighted by molar-refractivity contribution is -0.138. The molecule has 0 unspecified atom stereocenters. The zero-order valence-corrected chi connectivity index (χ0v) is 13.5. The number of rotatable bonds is 4. The Labute approximate surface area is 143 Å². The number of hydrogen-bond donors (Lipinski definition) is 1. The first-order valence-corrected chi connectivity index (χ1v) is 8.44. The van der Waals surface area contributed by atoms with Crippen LogP contribution in [0.3, 0.4) is 0 Å². The van der Waals surface area contributed by atoms with Crippen molar-refractivity contribution in [3.63, 3.8) is 0 Å². The van der Waals surface area contributed by atoms with Crippen LogP contribution < -0.4 is 0 Å². The summed E-state index contributed by atoms with van der Waals surface area (Å²) in [5.74, 6) is 1.78. The van der Waals surface area contributed by atoms with E-state index in [4.69, 9.17) is 4.42 Å². The first-order chi connectivity index (χ1) is 11.9. The molecule has 0 spiro atoms. The quantitative estimate of drug-likeness (QED) is 0.907. The van der Waals surface area contributed by atoms with Gasteiger partial charge in [-0.25, -0.2) is 4.98 Å². The topological polar surface area (TPSA) is 49.5 Å². The molecule has 2 heterocycles. The first-order valence-electron chi connectivity index (χ1n) is 8.44. The number of halogens is 3. The maximum atomic E-state index is 13.3. The summed E-state index contributed by atoms with van der Waals surface area (Å²) >= 11 is 0. The summed E-state index contributed by atoms with van der Waals surface area (Å²) < 4.78 is 45.8. The second kappa shape index (κ2) is 6.14. The fourth-order valence-electron chi connectivity index (χ4n) is 3.55. The number of β-amino-alcohol motifs (C(OH)–C–C–N with tert-alkyl or cyclic N) is 1. The van der Waals surface area contributed by atoms with Gasteiger partial charge in [-0.05, 0) is 30.9 Å². The molecule has 0 bridgehead atoms. The Hall–Kier alpha value is -1.86. The molecule has 2 aliphatic rings. The average molecular weight is 352 g/mol. The summed E-state index contributed by atoms with van der Waals surface area (Å²) in [6, 6.07) is 5.06. The number of aliphatic hydroxyl groups is 1. The van der Waals surface area contributed by atoms with E-state index in [1.54, 1.807) is 12.3 Å². The van der Waals surface area contributed by atoms with Gasteiger partial charge in [0.05, 0.1) is 24.4 Å². The van der Waals surface area contributed by atoms with Crippen LogP contribution in [0, 0.1) is 0 Å². The molecular weight excluding hydrogens is 333 g/mol. The van der Waals surface area contributed by atoms with Crippen molar-refractivity contribution in [2.45, 2.75) is 50.0 Å². The molecule has 2 atom stereocenters. The highest BCUT2D eigenvalue weighted by Gasteiger charge is 2.40. The molecule has 134 valence electrons. The number of oxazole rings is 1. The number of aromatic nitrogens is 1. The Morgan fingerprint density at radius 3 is 2.72 bits per heavy atom. The van der Waals surface area contributed by atoms with Gasteiger partial charge in [0.15, 0.2) is 0 Å². The second-order valence-corrected chi connectivity index (χ2v) is 6.85. The van der Waals surface area contributed by atoms with Crippen molar-refractivity contribution in [2.24, 2.45) is 0 Å². The molecule has 0 radical (unpaired) electrons. The Morgan fingerprint density at radius 1 is 1.24 bits per heavy atom. The highest BCUT2D eigenvalue weighted by Crippen LogP contribution is 2.42. The summed E-state index contributed by atoms with van der Waals surface area (Å²) in [6.45, 7) is 0.596. The van der Waals surface area contributed by atoms with Crippen LogP contribution in [0.5, 0.6) is 0 Å². The van der Waals surface area contributed by atoms with Gasteiger partial charge in [-0.3, -0.25) is 4.90 Å². The zero-order valence-electron chi connectivity index (χ0n) is 13.5. The third-order valence-corrected chi connectivity index (χ3v) is 4.90. The molecule has 2 aromatic rings. The lowest BCUT2D eigenvalue weighted by Gasteiger charge is -2.25. The fraction of sp³-hybridized carbons (Fsp3) is 0.500.